The topological polar surface area (TPSA) is 92.9 Å². The van der Waals surface area contributed by atoms with Crippen molar-refractivity contribution < 1.29 is 19.4 Å². The van der Waals surface area contributed by atoms with Crippen LogP contribution in [-0.4, -0.2) is 53.2 Å². The van der Waals surface area contributed by atoms with Crippen LogP contribution >= 0.6 is 0 Å². The molecular weight excluding hydrogens is 416 g/mol. The molecule has 33 heavy (non-hydrogen) atoms. The maximum absolute atomic E-state index is 12.5. The zero-order chi connectivity index (χ0) is 23.8. The van der Waals surface area contributed by atoms with Crippen molar-refractivity contribution in [2.75, 3.05) is 13.7 Å². The molecule has 6 heteroatoms. The second-order valence-corrected chi connectivity index (χ2v) is 12.5. The highest BCUT2D eigenvalue weighted by Gasteiger charge is 2.67. The summed E-state index contributed by atoms with van der Waals surface area (Å²) < 4.78 is 5.24. The van der Waals surface area contributed by atoms with Gasteiger partial charge in [0.15, 0.2) is 0 Å². The summed E-state index contributed by atoms with van der Waals surface area (Å²) >= 11 is 0. The van der Waals surface area contributed by atoms with E-state index in [1.54, 1.807) is 13.0 Å². The van der Waals surface area contributed by atoms with Gasteiger partial charge < -0.3 is 20.5 Å². The first kappa shape index (κ1) is 23.3. The van der Waals surface area contributed by atoms with Crippen LogP contribution in [0.1, 0.15) is 78.6 Å². The number of aliphatic hydroxyl groups is 1. The van der Waals surface area contributed by atoms with Gasteiger partial charge in [0, 0.05) is 24.6 Å². The number of nitrogens with zero attached hydrogens (tertiary/aromatic N) is 1. The molecule has 0 aromatic rings. The van der Waals surface area contributed by atoms with E-state index in [1.165, 1.54) is 0 Å². The number of carbonyl (C=O) groups excluding carboxylic acids is 2. The van der Waals surface area contributed by atoms with E-state index in [4.69, 9.17) is 10.5 Å². The van der Waals surface area contributed by atoms with Crippen molar-refractivity contribution in [3.8, 4) is 0 Å². The number of cyclic esters (lactones) is 1. The summed E-state index contributed by atoms with van der Waals surface area (Å²) in [6, 6.07) is -0.173. The van der Waals surface area contributed by atoms with Crippen molar-refractivity contribution in [1.82, 2.24) is 4.90 Å². The van der Waals surface area contributed by atoms with Gasteiger partial charge in [0.05, 0.1) is 11.6 Å². The minimum atomic E-state index is -0.667. The third kappa shape index (κ3) is 3.26. The van der Waals surface area contributed by atoms with Gasteiger partial charge in [-0.05, 0) is 99.4 Å². The van der Waals surface area contributed by atoms with E-state index in [0.29, 0.717) is 24.4 Å². The van der Waals surface area contributed by atoms with E-state index in [1.807, 2.05) is 11.9 Å². The van der Waals surface area contributed by atoms with Crippen LogP contribution in [0, 0.1) is 34.5 Å². The van der Waals surface area contributed by atoms with Gasteiger partial charge in [-0.2, -0.15) is 0 Å². The van der Waals surface area contributed by atoms with Gasteiger partial charge >= 0.3 is 5.97 Å². The molecule has 6 nitrogen and oxygen atoms in total. The van der Waals surface area contributed by atoms with Gasteiger partial charge in [0.25, 0.3) is 0 Å². The van der Waals surface area contributed by atoms with Crippen molar-refractivity contribution in [3.05, 3.63) is 11.6 Å². The fourth-order valence-electron chi connectivity index (χ4n) is 9.24. The van der Waals surface area contributed by atoms with E-state index >= 15 is 0 Å². The Labute approximate surface area is 198 Å². The number of hydrogen-bond acceptors (Lipinski definition) is 5. The lowest BCUT2D eigenvalue weighted by molar-refractivity contribution is -0.206. The molecule has 9 atom stereocenters. The number of rotatable bonds is 3. The third-order valence-corrected chi connectivity index (χ3v) is 11.2. The summed E-state index contributed by atoms with van der Waals surface area (Å²) in [6.07, 6.45) is 11.0. The molecule has 3 N–H and O–H groups in total. The van der Waals surface area contributed by atoms with Gasteiger partial charge in [-0.3, -0.25) is 4.79 Å². The minimum Gasteiger partial charge on any atom is -0.458 e. The van der Waals surface area contributed by atoms with Crippen molar-refractivity contribution in [2.24, 2.45) is 40.2 Å². The fourth-order valence-corrected chi connectivity index (χ4v) is 9.24. The molecule has 0 aromatic carbocycles. The Morgan fingerprint density at radius 3 is 2.58 bits per heavy atom. The molecule has 0 radical (unpaired) electrons. The minimum absolute atomic E-state index is 0.0423. The number of carbonyl (C=O) groups is 2. The fraction of sp³-hybridized carbons (Fsp3) is 0.852. The summed E-state index contributed by atoms with van der Waals surface area (Å²) in [5.41, 5.74) is 6.35. The zero-order valence-corrected chi connectivity index (χ0v) is 20.8. The van der Waals surface area contributed by atoms with E-state index in [9.17, 15) is 14.7 Å². The first-order chi connectivity index (χ1) is 15.5. The van der Waals surface area contributed by atoms with E-state index < -0.39 is 11.6 Å². The van der Waals surface area contributed by atoms with Crippen molar-refractivity contribution in [2.45, 2.75) is 96.2 Å². The van der Waals surface area contributed by atoms with Crippen LogP contribution in [0.5, 0.6) is 0 Å². The molecule has 1 heterocycles. The quantitative estimate of drug-likeness (QED) is 0.632. The lowest BCUT2D eigenvalue weighted by Crippen LogP contribution is -2.63. The van der Waals surface area contributed by atoms with E-state index in [2.05, 4.69) is 13.8 Å². The number of ether oxygens (including phenoxy) is 1. The van der Waals surface area contributed by atoms with Crippen LogP contribution in [0.3, 0.4) is 0 Å². The monoisotopic (exact) mass is 458 g/mol. The molecule has 0 unspecified atom stereocenters. The number of hydrogen-bond donors (Lipinski definition) is 2. The largest absolute Gasteiger partial charge is 0.458 e. The van der Waals surface area contributed by atoms with Crippen LogP contribution in [0.2, 0.25) is 0 Å². The highest BCUT2D eigenvalue weighted by atomic mass is 16.5. The van der Waals surface area contributed by atoms with Gasteiger partial charge in [0.2, 0.25) is 5.91 Å². The summed E-state index contributed by atoms with van der Waals surface area (Å²) in [5.74, 6) is 1.50. The van der Waals surface area contributed by atoms with Crippen LogP contribution in [0.4, 0.5) is 0 Å². The summed E-state index contributed by atoms with van der Waals surface area (Å²) in [7, 11) is 1.92. The van der Waals surface area contributed by atoms with Crippen LogP contribution < -0.4 is 5.73 Å². The Morgan fingerprint density at radius 2 is 1.91 bits per heavy atom. The average Bonchev–Trinajstić information content (AvgIpc) is 3.32. The number of esters is 1. The predicted octanol–water partition coefficient (Wildman–Crippen LogP) is 3.42. The van der Waals surface area contributed by atoms with E-state index in [0.717, 1.165) is 63.4 Å². The third-order valence-electron chi connectivity index (χ3n) is 11.2. The molecule has 0 aromatic heterocycles. The molecule has 4 saturated carbocycles. The number of nitrogens with two attached hydrogens (primary N) is 1. The lowest BCUT2D eigenvalue weighted by Gasteiger charge is -2.64. The Bertz CT molecular complexity index is 870. The summed E-state index contributed by atoms with van der Waals surface area (Å²) in [6.45, 7) is 6.93. The molecule has 5 aliphatic rings. The molecule has 0 saturated heterocycles. The Hall–Kier alpha value is -1.40. The molecule has 5 rings (SSSR count). The van der Waals surface area contributed by atoms with Crippen molar-refractivity contribution >= 4 is 11.9 Å². The van der Waals surface area contributed by atoms with Crippen molar-refractivity contribution in [1.29, 1.82) is 0 Å². The van der Waals surface area contributed by atoms with Crippen LogP contribution in [-0.2, 0) is 14.3 Å². The molecule has 0 bridgehead atoms. The molecule has 4 aliphatic carbocycles. The van der Waals surface area contributed by atoms with Gasteiger partial charge in [-0.25, -0.2) is 4.79 Å². The zero-order valence-electron chi connectivity index (χ0n) is 20.8. The highest BCUT2D eigenvalue weighted by Crippen LogP contribution is 2.70. The van der Waals surface area contributed by atoms with E-state index in [-0.39, 0.29) is 34.7 Å². The van der Waals surface area contributed by atoms with Gasteiger partial charge in [-0.1, -0.05) is 13.8 Å². The number of fused-ring (bicyclic) bond motifs is 5. The molecule has 1 aliphatic heterocycles. The second-order valence-electron chi connectivity index (χ2n) is 12.5. The van der Waals surface area contributed by atoms with Gasteiger partial charge in [0.1, 0.15) is 6.61 Å². The normalized spacial score (nSPS) is 47.6. The molecular formula is C27H42N2O4. The van der Waals surface area contributed by atoms with Crippen molar-refractivity contribution in [3.63, 3.8) is 0 Å². The first-order valence-electron chi connectivity index (χ1n) is 13.1. The smallest absolute Gasteiger partial charge is 0.331 e. The average molecular weight is 459 g/mol. The molecule has 1 amide bonds. The van der Waals surface area contributed by atoms with Crippen LogP contribution in [0.15, 0.2) is 11.6 Å². The predicted molar refractivity (Wildman–Crippen MR) is 126 cm³/mol. The summed E-state index contributed by atoms with van der Waals surface area (Å²) in [5, 5.41) is 12.3. The standard InChI is InChI=1S/C27H42N2O4/c1-16(28)24(31)29(4)19-7-10-25(2)18(14-19)5-6-22-21(25)8-11-26(3)20(9-12-27(22,26)32)17-13-23(30)33-15-17/h13,16,18-22,32H,5-12,14-15,28H2,1-4H3/t16-,18+,19-,20+,21-,22+,25-,26+,27-/m0/s1. The Morgan fingerprint density at radius 1 is 1.15 bits per heavy atom. The van der Waals surface area contributed by atoms with Gasteiger partial charge in [-0.15, -0.1) is 0 Å². The molecule has 4 fully saturated rings. The van der Waals surface area contributed by atoms with Crippen LogP contribution in [0.25, 0.3) is 0 Å². The maximum atomic E-state index is 12.5. The SMILES string of the molecule is C[C@H](N)C(=O)N(C)[C@H]1CC[C@@]2(C)[C@H](CC[C@@H]3[C@@H]2CC[C@]2(C)[C@@H](C4=CC(=O)OC4)CC[C@]32O)C1. The second kappa shape index (κ2) is 7.81. The number of likely N-dealkylation sites (N-methyl/N-ethyl adjacent to an activating group) is 1. The molecule has 184 valence electrons. The highest BCUT2D eigenvalue weighted by molar-refractivity contribution is 5.85. The lowest BCUT2D eigenvalue weighted by atomic mass is 9.43. The summed E-state index contributed by atoms with van der Waals surface area (Å²) in [4.78, 5) is 26.2. The number of amides is 1. The molecule has 0 spiro atoms. The first-order valence-corrected chi connectivity index (χ1v) is 13.1. The Balaban J connectivity index is 1.36. The Kier molecular flexibility index (Phi) is 5.52. The maximum Gasteiger partial charge on any atom is 0.331 e.